The van der Waals surface area contributed by atoms with Gasteiger partial charge in [-0.05, 0) is 0 Å². The molecule has 2 rings (SSSR count). The molecular formula is C9H15N2O15P3. The summed E-state index contributed by atoms with van der Waals surface area (Å²) in [5.41, 5.74) is -1.74. The fourth-order valence-electron chi connectivity index (χ4n) is 2.20. The highest BCUT2D eigenvalue weighted by Gasteiger charge is 2.46. The maximum atomic E-state index is 11.7. The highest BCUT2D eigenvalue weighted by molar-refractivity contribution is 7.66. The molecule has 1 aromatic rings. The minimum Gasteiger partial charge on any atom is -0.387 e. The Bertz CT molecular complexity index is 997. The van der Waals surface area contributed by atoms with Gasteiger partial charge in [0, 0.05) is 12.3 Å². The van der Waals surface area contributed by atoms with E-state index in [0.717, 1.165) is 12.3 Å². The number of hydrogen-bond donors (Lipinski definition) is 7. The first-order valence-corrected chi connectivity index (χ1v) is 11.7. The standard InChI is InChI=1S/C9H15N2O15P3/c12-5-1-2-11(9(15)10-5)8-7(14)6(13)4(24-8)3-23-28(19,20)26-29(21,22)25-27(16,17)18/h1-2,4,6-8,13-14H,3H2,(H,19,20)(H,21,22)(H,10,12,15)(H2,16,17,18)/t4?,6-,7?,8?/m1/s1. The van der Waals surface area contributed by atoms with Gasteiger partial charge in [-0.25, -0.2) is 18.5 Å². The van der Waals surface area contributed by atoms with Crippen molar-refractivity contribution < 1.29 is 61.4 Å². The lowest BCUT2D eigenvalue weighted by Crippen LogP contribution is -2.37. The van der Waals surface area contributed by atoms with Crippen LogP contribution in [-0.4, -0.2) is 64.3 Å². The highest BCUT2D eigenvalue weighted by Crippen LogP contribution is 2.66. The molecule has 1 aliphatic rings. The van der Waals surface area contributed by atoms with Crippen LogP contribution in [-0.2, 0) is 31.6 Å². The van der Waals surface area contributed by atoms with Crippen LogP contribution >= 0.6 is 23.5 Å². The van der Waals surface area contributed by atoms with E-state index in [1.54, 1.807) is 0 Å². The summed E-state index contributed by atoms with van der Waals surface area (Å²) in [4.78, 5) is 59.9. The van der Waals surface area contributed by atoms with Gasteiger partial charge in [-0.2, -0.15) is 8.62 Å². The molecule has 7 N–H and O–H groups in total. The third kappa shape index (κ3) is 6.73. The maximum absolute atomic E-state index is 11.7. The van der Waals surface area contributed by atoms with Crippen molar-refractivity contribution in [2.24, 2.45) is 0 Å². The fraction of sp³-hybridized carbons (Fsp3) is 0.556. The number of phosphoric acid groups is 3. The molecule has 166 valence electrons. The van der Waals surface area contributed by atoms with Crippen molar-refractivity contribution >= 4 is 23.5 Å². The van der Waals surface area contributed by atoms with Crippen LogP contribution in [0.5, 0.6) is 0 Å². The zero-order chi connectivity index (χ0) is 22.2. The topological polar surface area (TPSA) is 264 Å². The van der Waals surface area contributed by atoms with E-state index < -0.39 is 65.9 Å². The average molecular weight is 484 g/mol. The van der Waals surface area contributed by atoms with Gasteiger partial charge in [-0.3, -0.25) is 18.9 Å². The number of aromatic amines is 1. The van der Waals surface area contributed by atoms with Gasteiger partial charge in [0.15, 0.2) is 6.23 Å². The molecule has 0 amide bonds. The summed E-state index contributed by atoms with van der Waals surface area (Å²) in [6, 6.07) is 0.920. The largest absolute Gasteiger partial charge is 0.490 e. The van der Waals surface area contributed by atoms with Crippen molar-refractivity contribution in [1.82, 2.24) is 9.55 Å². The third-order valence-corrected chi connectivity index (χ3v) is 7.08. The second-order valence-electron chi connectivity index (χ2n) is 5.45. The predicted molar refractivity (Wildman–Crippen MR) is 87.1 cm³/mol. The molecule has 5 unspecified atom stereocenters. The van der Waals surface area contributed by atoms with E-state index in [-0.39, 0.29) is 0 Å². The number of H-pyrrole nitrogens is 1. The van der Waals surface area contributed by atoms with Gasteiger partial charge >= 0.3 is 29.2 Å². The van der Waals surface area contributed by atoms with Crippen molar-refractivity contribution in [3.63, 3.8) is 0 Å². The van der Waals surface area contributed by atoms with Crippen LogP contribution in [0.1, 0.15) is 6.23 Å². The SMILES string of the molecule is O=c1ccn(C2OC(COP(=O)(O)OP(=O)(O)OP(=O)(O)O)[C@@H](O)C2O)c(=O)[nH]1. The van der Waals surface area contributed by atoms with Crippen LogP contribution in [0.15, 0.2) is 21.9 Å². The van der Waals surface area contributed by atoms with Gasteiger partial charge < -0.3 is 34.5 Å². The van der Waals surface area contributed by atoms with Gasteiger partial charge in [-0.15, -0.1) is 0 Å². The monoisotopic (exact) mass is 484 g/mol. The Hall–Kier alpha value is -1.03. The number of ether oxygens (including phenoxy) is 1. The molecule has 0 aliphatic carbocycles. The molecule has 0 radical (unpaired) electrons. The molecule has 17 nitrogen and oxygen atoms in total. The van der Waals surface area contributed by atoms with Crippen molar-refractivity contribution in [3.05, 3.63) is 33.1 Å². The predicted octanol–water partition coefficient (Wildman–Crippen LogP) is -2.50. The molecule has 1 aliphatic heterocycles. The molecule has 29 heavy (non-hydrogen) atoms. The van der Waals surface area contributed by atoms with E-state index in [0.29, 0.717) is 4.57 Å². The third-order valence-electron chi connectivity index (χ3n) is 3.28. The summed E-state index contributed by atoms with van der Waals surface area (Å²) < 4.78 is 50.6. The molecule has 0 saturated carbocycles. The molecule has 2 heterocycles. The summed E-state index contributed by atoms with van der Waals surface area (Å²) in [5.74, 6) is 0. The van der Waals surface area contributed by atoms with Crippen molar-refractivity contribution in [2.75, 3.05) is 6.61 Å². The second kappa shape index (κ2) is 8.61. The minimum atomic E-state index is -5.73. The Morgan fingerprint density at radius 2 is 1.66 bits per heavy atom. The van der Waals surface area contributed by atoms with Crippen LogP contribution < -0.4 is 11.2 Å². The average Bonchev–Trinajstić information content (AvgIpc) is 2.78. The lowest BCUT2D eigenvalue weighted by Gasteiger charge is -2.19. The lowest BCUT2D eigenvalue weighted by atomic mass is 10.1. The van der Waals surface area contributed by atoms with Gasteiger partial charge in [0.05, 0.1) is 6.61 Å². The van der Waals surface area contributed by atoms with Crippen LogP contribution in [0.3, 0.4) is 0 Å². The molecule has 1 fully saturated rings. The summed E-state index contributed by atoms with van der Waals surface area (Å²) in [5, 5.41) is 19.9. The van der Waals surface area contributed by atoms with E-state index in [2.05, 4.69) is 13.1 Å². The van der Waals surface area contributed by atoms with Gasteiger partial charge in [0.25, 0.3) is 5.56 Å². The number of rotatable bonds is 8. The first-order chi connectivity index (χ1) is 13.1. The van der Waals surface area contributed by atoms with E-state index in [9.17, 15) is 38.4 Å². The van der Waals surface area contributed by atoms with Crippen LogP contribution in [0.2, 0.25) is 0 Å². The number of aliphatic hydroxyl groups excluding tert-OH is 2. The van der Waals surface area contributed by atoms with Gasteiger partial charge in [0.1, 0.15) is 18.3 Å². The van der Waals surface area contributed by atoms with Gasteiger partial charge in [-0.1, -0.05) is 0 Å². The first kappa shape index (κ1) is 24.2. The van der Waals surface area contributed by atoms with E-state index in [1.165, 1.54) is 0 Å². The Morgan fingerprint density at radius 3 is 2.21 bits per heavy atom. The summed E-state index contributed by atoms with van der Waals surface area (Å²) >= 11 is 0. The molecule has 0 bridgehead atoms. The van der Waals surface area contributed by atoms with Crippen molar-refractivity contribution in [2.45, 2.75) is 24.5 Å². The molecule has 1 saturated heterocycles. The summed E-state index contributed by atoms with van der Waals surface area (Å²) in [6.45, 7) is -1.05. The number of hydrogen-bond acceptors (Lipinski definition) is 11. The summed E-state index contributed by atoms with van der Waals surface area (Å²) in [7, 11) is -16.8. The Kier molecular flexibility index (Phi) is 7.20. The first-order valence-electron chi connectivity index (χ1n) is 7.22. The summed E-state index contributed by atoms with van der Waals surface area (Å²) in [6.07, 6.45) is -5.70. The molecule has 20 heteroatoms. The molecule has 1 aromatic heterocycles. The van der Waals surface area contributed by atoms with E-state index in [4.69, 9.17) is 19.4 Å². The Labute approximate surface area is 159 Å². The van der Waals surface area contributed by atoms with Crippen molar-refractivity contribution in [1.29, 1.82) is 0 Å². The van der Waals surface area contributed by atoms with Crippen molar-refractivity contribution in [3.8, 4) is 0 Å². The number of nitrogens with zero attached hydrogens (tertiary/aromatic N) is 1. The van der Waals surface area contributed by atoms with Crippen LogP contribution in [0, 0.1) is 0 Å². The quantitative estimate of drug-likeness (QED) is 0.188. The zero-order valence-electron chi connectivity index (χ0n) is 13.8. The number of aromatic nitrogens is 2. The Morgan fingerprint density at radius 1 is 1.03 bits per heavy atom. The molecule has 0 spiro atoms. The van der Waals surface area contributed by atoms with E-state index >= 15 is 0 Å². The zero-order valence-corrected chi connectivity index (χ0v) is 16.5. The van der Waals surface area contributed by atoms with Crippen LogP contribution in [0.4, 0.5) is 0 Å². The highest BCUT2D eigenvalue weighted by atomic mass is 31.3. The smallest absolute Gasteiger partial charge is 0.387 e. The number of nitrogens with one attached hydrogen (secondary N) is 1. The number of phosphoric ester groups is 1. The lowest BCUT2D eigenvalue weighted by molar-refractivity contribution is -0.0542. The Balaban J connectivity index is 2.06. The minimum absolute atomic E-state index is 0.708. The maximum Gasteiger partial charge on any atom is 0.490 e. The molecule has 0 aromatic carbocycles. The van der Waals surface area contributed by atoms with Gasteiger partial charge in [0.2, 0.25) is 0 Å². The van der Waals surface area contributed by atoms with E-state index in [1.807, 2.05) is 4.98 Å². The van der Waals surface area contributed by atoms with Crippen LogP contribution in [0.25, 0.3) is 0 Å². The molecule has 6 atom stereocenters. The second-order valence-corrected chi connectivity index (χ2v) is 9.87. The normalized spacial score (nSPS) is 29.3. The fourth-order valence-corrected chi connectivity index (χ4v) is 5.23. The molecular weight excluding hydrogens is 469 g/mol. The number of aliphatic hydroxyl groups is 2.